The summed E-state index contributed by atoms with van der Waals surface area (Å²) >= 11 is 0. The number of unbranched alkanes of at least 4 members (excludes halogenated alkanes) is 1. The van der Waals surface area contributed by atoms with Gasteiger partial charge >= 0.3 is 12.1 Å². The Kier molecular flexibility index (Phi) is 13.8. The SMILES string of the molecule is COC(=O)[C@H](CCCN=C(N)N)NC(=O)[C@H](C)NC(=O)[C@](C)(NC(=O)[C@@H](N)CCCCN)C(F)(F)F. The highest BCUT2D eigenvalue weighted by Gasteiger charge is 2.58. The van der Waals surface area contributed by atoms with Gasteiger partial charge in [-0.15, -0.1) is 0 Å². The van der Waals surface area contributed by atoms with Crippen molar-refractivity contribution in [1.29, 1.82) is 0 Å². The molecule has 0 aliphatic rings. The smallest absolute Gasteiger partial charge is 0.420 e. The number of methoxy groups -OCH3 is 1. The van der Waals surface area contributed by atoms with Crippen LogP contribution in [-0.4, -0.2) is 79.7 Å². The zero-order valence-corrected chi connectivity index (χ0v) is 20.6. The highest BCUT2D eigenvalue weighted by molar-refractivity contribution is 5.96. The fraction of sp³-hybridized carbons (Fsp3) is 0.750. The van der Waals surface area contributed by atoms with Crippen molar-refractivity contribution in [3.05, 3.63) is 0 Å². The Balaban J connectivity index is 5.35. The van der Waals surface area contributed by atoms with E-state index in [2.05, 4.69) is 15.0 Å². The van der Waals surface area contributed by atoms with Crippen LogP contribution in [-0.2, 0) is 23.9 Å². The summed E-state index contributed by atoms with van der Waals surface area (Å²) in [6.45, 7) is 2.04. The molecule has 0 saturated heterocycles. The molecule has 3 amide bonds. The first-order chi connectivity index (χ1) is 16.6. The fourth-order valence-corrected chi connectivity index (χ4v) is 2.83. The van der Waals surface area contributed by atoms with Crippen LogP contribution in [0, 0.1) is 0 Å². The lowest BCUT2D eigenvalue weighted by atomic mass is 9.98. The molecule has 13 nitrogen and oxygen atoms in total. The number of aliphatic imine (C=N–C) groups is 1. The summed E-state index contributed by atoms with van der Waals surface area (Å²) in [5.41, 5.74) is 18.0. The third-order valence-electron chi connectivity index (χ3n) is 5.19. The second kappa shape index (κ2) is 15.1. The first kappa shape index (κ1) is 32.9. The third-order valence-corrected chi connectivity index (χ3v) is 5.19. The van der Waals surface area contributed by atoms with Gasteiger partial charge in [0.25, 0.3) is 5.91 Å². The number of nitrogens with zero attached hydrogens (tertiary/aromatic N) is 1. The number of alkyl halides is 3. The zero-order chi connectivity index (χ0) is 28.1. The lowest BCUT2D eigenvalue weighted by Gasteiger charge is -2.33. The molecule has 0 bridgehead atoms. The summed E-state index contributed by atoms with van der Waals surface area (Å²) < 4.78 is 46.0. The van der Waals surface area contributed by atoms with E-state index in [0.717, 1.165) is 14.0 Å². The highest BCUT2D eigenvalue weighted by Crippen LogP contribution is 2.30. The molecule has 0 radical (unpaired) electrons. The van der Waals surface area contributed by atoms with Crippen molar-refractivity contribution in [3.8, 4) is 0 Å². The Hall–Kier alpha value is -3.14. The normalized spacial score (nSPS) is 15.4. The molecule has 0 fully saturated rings. The maximum Gasteiger partial charge on any atom is 0.420 e. The lowest BCUT2D eigenvalue weighted by molar-refractivity contribution is -0.198. The van der Waals surface area contributed by atoms with Gasteiger partial charge in [-0.1, -0.05) is 6.42 Å². The van der Waals surface area contributed by atoms with Crippen molar-refractivity contribution in [2.75, 3.05) is 20.2 Å². The van der Waals surface area contributed by atoms with Gasteiger partial charge < -0.3 is 43.6 Å². The predicted octanol–water partition coefficient (Wildman–Crippen LogP) is -1.90. The van der Waals surface area contributed by atoms with E-state index in [9.17, 15) is 32.3 Å². The van der Waals surface area contributed by atoms with Gasteiger partial charge in [-0.05, 0) is 46.1 Å². The van der Waals surface area contributed by atoms with Crippen LogP contribution < -0.4 is 38.9 Å². The average Bonchev–Trinajstić information content (AvgIpc) is 2.79. The summed E-state index contributed by atoms with van der Waals surface area (Å²) in [6.07, 6.45) is -3.91. The molecule has 0 aromatic heterocycles. The molecule has 0 aliphatic heterocycles. The van der Waals surface area contributed by atoms with Crippen molar-refractivity contribution in [1.82, 2.24) is 16.0 Å². The summed E-state index contributed by atoms with van der Waals surface area (Å²) in [5, 5.41) is 5.86. The monoisotopic (exact) mass is 526 g/mol. The summed E-state index contributed by atoms with van der Waals surface area (Å²) in [4.78, 5) is 53.0. The molecular formula is C20H37F3N8O5. The average molecular weight is 527 g/mol. The summed E-state index contributed by atoms with van der Waals surface area (Å²) in [7, 11) is 1.08. The van der Waals surface area contributed by atoms with E-state index in [0.29, 0.717) is 26.3 Å². The molecule has 4 atom stereocenters. The van der Waals surface area contributed by atoms with Crippen LogP contribution in [0.25, 0.3) is 0 Å². The molecule has 0 saturated carbocycles. The maximum absolute atomic E-state index is 13.8. The highest BCUT2D eigenvalue weighted by atomic mass is 19.4. The van der Waals surface area contributed by atoms with E-state index < -0.39 is 53.5 Å². The van der Waals surface area contributed by atoms with Gasteiger partial charge in [0.1, 0.15) is 12.1 Å². The Morgan fingerprint density at radius 3 is 2.11 bits per heavy atom. The first-order valence-corrected chi connectivity index (χ1v) is 11.2. The van der Waals surface area contributed by atoms with Gasteiger partial charge in [0.15, 0.2) is 5.96 Å². The molecule has 0 aromatic carbocycles. The second-order valence-corrected chi connectivity index (χ2v) is 8.23. The molecular weight excluding hydrogens is 489 g/mol. The number of hydrogen-bond donors (Lipinski definition) is 7. The standard InChI is InChI=1S/C20H37F3N8O5/c1-11(14(32)30-13(16(34)36-3)8-6-10-28-18(26)27)29-17(35)19(2,20(21,22)23)31-15(33)12(25)7-4-5-9-24/h11-13H,4-10,24-25H2,1-3H3,(H,29,35)(H,30,32)(H,31,33)(H4,26,27,28)/t11-,12-,13-,19-/m0/s1. The number of nitrogens with two attached hydrogens (primary N) is 4. The number of carbonyl (C=O) groups excluding carboxylic acids is 4. The van der Waals surface area contributed by atoms with Gasteiger partial charge in [0.05, 0.1) is 13.2 Å². The van der Waals surface area contributed by atoms with Crippen molar-refractivity contribution < 1.29 is 37.1 Å². The minimum Gasteiger partial charge on any atom is -0.467 e. The van der Waals surface area contributed by atoms with Crippen molar-refractivity contribution in [2.24, 2.45) is 27.9 Å². The first-order valence-electron chi connectivity index (χ1n) is 11.2. The van der Waals surface area contributed by atoms with E-state index >= 15 is 0 Å². The van der Waals surface area contributed by atoms with Gasteiger partial charge in [-0.3, -0.25) is 19.4 Å². The van der Waals surface area contributed by atoms with Crippen LogP contribution >= 0.6 is 0 Å². The Morgan fingerprint density at radius 1 is 1.00 bits per heavy atom. The number of nitrogens with one attached hydrogen (secondary N) is 3. The fourth-order valence-electron chi connectivity index (χ4n) is 2.83. The van der Waals surface area contributed by atoms with Gasteiger partial charge in [-0.2, -0.15) is 13.2 Å². The minimum absolute atomic E-state index is 0.0498. The lowest BCUT2D eigenvalue weighted by Crippen LogP contribution is -2.68. The van der Waals surface area contributed by atoms with Gasteiger partial charge in [0, 0.05) is 6.54 Å². The van der Waals surface area contributed by atoms with Crippen molar-refractivity contribution in [3.63, 3.8) is 0 Å². The quantitative estimate of drug-likeness (QED) is 0.0546. The number of hydrogen-bond acceptors (Lipinski definition) is 8. The van der Waals surface area contributed by atoms with Crippen LogP contribution in [0.3, 0.4) is 0 Å². The second-order valence-electron chi connectivity index (χ2n) is 8.23. The number of guanidine groups is 1. The van der Waals surface area contributed by atoms with Gasteiger partial charge in [-0.25, -0.2) is 4.79 Å². The number of rotatable bonds is 15. The van der Waals surface area contributed by atoms with E-state index in [-0.39, 0.29) is 31.8 Å². The van der Waals surface area contributed by atoms with E-state index in [1.165, 1.54) is 0 Å². The molecule has 0 rings (SSSR count). The molecule has 0 heterocycles. The molecule has 0 aromatic rings. The number of halogens is 3. The Morgan fingerprint density at radius 2 is 1.61 bits per heavy atom. The number of esters is 1. The van der Waals surface area contributed by atoms with Crippen LogP contribution in [0.5, 0.6) is 0 Å². The minimum atomic E-state index is -5.22. The third kappa shape index (κ3) is 10.6. The number of carbonyl (C=O) groups is 4. The van der Waals surface area contributed by atoms with E-state index in [4.69, 9.17) is 22.9 Å². The topological polar surface area (TPSA) is 230 Å². The predicted molar refractivity (Wildman–Crippen MR) is 125 cm³/mol. The summed E-state index contributed by atoms with van der Waals surface area (Å²) in [5.74, 6) is -4.83. The van der Waals surface area contributed by atoms with Crippen LogP contribution in [0.1, 0.15) is 46.0 Å². The van der Waals surface area contributed by atoms with Crippen LogP contribution in [0.4, 0.5) is 13.2 Å². The maximum atomic E-state index is 13.8. The Bertz CT molecular complexity index is 792. The van der Waals surface area contributed by atoms with Gasteiger partial charge in [0.2, 0.25) is 17.4 Å². The number of amides is 3. The molecule has 208 valence electrons. The molecule has 0 spiro atoms. The Labute approximate surface area is 207 Å². The van der Waals surface area contributed by atoms with E-state index in [1.807, 2.05) is 5.32 Å². The largest absolute Gasteiger partial charge is 0.467 e. The molecule has 0 unspecified atom stereocenters. The summed E-state index contributed by atoms with van der Waals surface area (Å²) in [6, 6.07) is -3.98. The van der Waals surface area contributed by atoms with Crippen molar-refractivity contribution in [2.45, 2.75) is 75.8 Å². The van der Waals surface area contributed by atoms with Crippen LogP contribution in [0.2, 0.25) is 0 Å². The molecule has 16 heteroatoms. The van der Waals surface area contributed by atoms with E-state index in [1.54, 1.807) is 5.32 Å². The molecule has 0 aliphatic carbocycles. The number of ether oxygens (including phenoxy) is 1. The van der Waals surface area contributed by atoms with Crippen molar-refractivity contribution >= 4 is 29.7 Å². The molecule has 11 N–H and O–H groups in total. The molecule has 36 heavy (non-hydrogen) atoms. The van der Waals surface area contributed by atoms with Crippen LogP contribution in [0.15, 0.2) is 4.99 Å². The zero-order valence-electron chi connectivity index (χ0n) is 20.6.